The lowest BCUT2D eigenvalue weighted by Gasteiger charge is -2.32. The predicted octanol–water partition coefficient (Wildman–Crippen LogP) is 5.80. The molecule has 4 rings (SSSR count). The minimum atomic E-state index is -4.27. The van der Waals surface area contributed by atoms with E-state index in [2.05, 4.69) is 5.32 Å². The van der Waals surface area contributed by atoms with Crippen LogP contribution in [-0.4, -0.2) is 43.8 Å². The van der Waals surface area contributed by atoms with Gasteiger partial charge in [-0.3, -0.25) is 13.9 Å². The third-order valence-electron chi connectivity index (χ3n) is 6.92. The molecule has 1 saturated carbocycles. The molecule has 3 aromatic carbocycles. The van der Waals surface area contributed by atoms with Crippen molar-refractivity contribution in [1.29, 1.82) is 0 Å². The van der Waals surface area contributed by atoms with E-state index in [1.54, 1.807) is 25.1 Å². The Bertz CT molecular complexity index is 1450. The molecule has 0 heterocycles. The van der Waals surface area contributed by atoms with Crippen molar-refractivity contribution in [2.24, 2.45) is 0 Å². The van der Waals surface area contributed by atoms with Crippen molar-refractivity contribution >= 4 is 50.7 Å². The molecule has 1 fully saturated rings. The maximum Gasteiger partial charge on any atom is 0.264 e. The number of sulfonamides is 1. The first-order valence-corrected chi connectivity index (χ1v) is 15.1. The van der Waals surface area contributed by atoms with E-state index in [1.165, 1.54) is 59.5 Å². The van der Waals surface area contributed by atoms with Crippen LogP contribution in [0.3, 0.4) is 0 Å². The van der Waals surface area contributed by atoms with Crippen LogP contribution in [0, 0.1) is 5.82 Å². The SMILES string of the molecule is C[C@H](C(=O)NC1CCCC1)N(Cc1ccc(F)cc1)C(=O)CN(c1cc(Cl)ccc1Cl)S(=O)(=O)c1ccccc1. The Labute approximate surface area is 243 Å². The molecule has 212 valence electrons. The number of amides is 2. The van der Waals surface area contributed by atoms with Crippen molar-refractivity contribution in [3.05, 3.63) is 94.2 Å². The summed E-state index contributed by atoms with van der Waals surface area (Å²) in [5, 5.41) is 3.31. The molecule has 0 bridgehead atoms. The molecule has 3 aromatic rings. The molecule has 1 atom stereocenters. The molecular weight excluding hydrogens is 576 g/mol. The van der Waals surface area contributed by atoms with E-state index in [-0.39, 0.29) is 39.1 Å². The highest BCUT2D eigenvalue weighted by atomic mass is 35.5. The molecule has 40 heavy (non-hydrogen) atoms. The zero-order chi connectivity index (χ0) is 28.9. The van der Waals surface area contributed by atoms with Gasteiger partial charge in [-0.15, -0.1) is 0 Å². The summed E-state index contributed by atoms with van der Waals surface area (Å²) < 4.78 is 42.1. The van der Waals surface area contributed by atoms with Crippen molar-refractivity contribution in [3.8, 4) is 0 Å². The van der Waals surface area contributed by atoms with Gasteiger partial charge >= 0.3 is 0 Å². The Morgan fingerprint density at radius 3 is 2.30 bits per heavy atom. The van der Waals surface area contributed by atoms with E-state index < -0.39 is 34.3 Å². The average Bonchev–Trinajstić information content (AvgIpc) is 3.45. The van der Waals surface area contributed by atoms with Gasteiger partial charge < -0.3 is 10.2 Å². The third-order valence-corrected chi connectivity index (χ3v) is 9.25. The lowest BCUT2D eigenvalue weighted by atomic mass is 10.1. The fourth-order valence-electron chi connectivity index (χ4n) is 4.67. The monoisotopic (exact) mass is 605 g/mol. The maximum absolute atomic E-state index is 13.9. The topological polar surface area (TPSA) is 86.8 Å². The van der Waals surface area contributed by atoms with Crippen molar-refractivity contribution in [1.82, 2.24) is 10.2 Å². The van der Waals surface area contributed by atoms with Crippen LogP contribution >= 0.6 is 23.2 Å². The number of nitrogens with one attached hydrogen (secondary N) is 1. The van der Waals surface area contributed by atoms with Gasteiger partial charge in [-0.2, -0.15) is 0 Å². The molecule has 0 aromatic heterocycles. The smallest absolute Gasteiger partial charge is 0.264 e. The Kier molecular flexibility index (Phi) is 9.71. The molecule has 1 aliphatic rings. The Balaban J connectivity index is 1.70. The second-order valence-corrected chi connectivity index (χ2v) is 12.4. The van der Waals surface area contributed by atoms with Gasteiger partial charge in [0.1, 0.15) is 18.4 Å². The highest BCUT2D eigenvalue weighted by Gasteiger charge is 2.34. The second kappa shape index (κ2) is 13.0. The number of hydrogen-bond acceptors (Lipinski definition) is 4. The van der Waals surface area contributed by atoms with Crippen LogP contribution in [0.4, 0.5) is 10.1 Å². The highest BCUT2D eigenvalue weighted by molar-refractivity contribution is 7.92. The number of anilines is 1. The molecule has 0 saturated heterocycles. The van der Waals surface area contributed by atoms with Crippen LogP contribution in [0.1, 0.15) is 38.2 Å². The number of halogens is 3. The van der Waals surface area contributed by atoms with Gasteiger partial charge in [-0.1, -0.05) is 66.4 Å². The van der Waals surface area contributed by atoms with Gasteiger partial charge in [-0.25, -0.2) is 12.8 Å². The zero-order valence-corrected chi connectivity index (χ0v) is 24.2. The van der Waals surface area contributed by atoms with Gasteiger partial charge in [-0.05, 0) is 67.8 Å². The Morgan fingerprint density at radius 1 is 1.00 bits per heavy atom. The maximum atomic E-state index is 13.9. The van der Waals surface area contributed by atoms with E-state index >= 15 is 0 Å². The summed E-state index contributed by atoms with van der Waals surface area (Å²) in [5.41, 5.74) is 0.602. The van der Waals surface area contributed by atoms with Gasteiger partial charge in [0.2, 0.25) is 11.8 Å². The molecular formula is C29H30Cl2FN3O4S. The highest BCUT2D eigenvalue weighted by Crippen LogP contribution is 2.33. The van der Waals surface area contributed by atoms with Crippen molar-refractivity contribution < 1.29 is 22.4 Å². The Hall–Kier alpha value is -3.14. The molecule has 2 amide bonds. The van der Waals surface area contributed by atoms with Crippen LogP contribution in [-0.2, 0) is 26.2 Å². The lowest BCUT2D eigenvalue weighted by molar-refractivity contribution is -0.139. The summed E-state index contributed by atoms with van der Waals surface area (Å²) in [6.45, 7) is 0.897. The van der Waals surface area contributed by atoms with Crippen LogP contribution in [0.2, 0.25) is 10.0 Å². The van der Waals surface area contributed by atoms with E-state index in [4.69, 9.17) is 23.2 Å². The number of hydrogen-bond donors (Lipinski definition) is 1. The lowest BCUT2D eigenvalue weighted by Crippen LogP contribution is -2.52. The molecule has 0 aliphatic heterocycles. The van der Waals surface area contributed by atoms with Crippen LogP contribution in [0.25, 0.3) is 0 Å². The molecule has 1 N–H and O–H groups in total. The first-order valence-electron chi connectivity index (χ1n) is 12.9. The summed E-state index contributed by atoms with van der Waals surface area (Å²) in [6, 6.07) is 16.6. The molecule has 0 spiro atoms. The molecule has 1 aliphatic carbocycles. The average molecular weight is 607 g/mol. The number of nitrogens with zero attached hydrogens (tertiary/aromatic N) is 2. The molecule has 7 nitrogen and oxygen atoms in total. The second-order valence-electron chi connectivity index (χ2n) is 9.73. The third kappa shape index (κ3) is 7.13. The predicted molar refractivity (Wildman–Crippen MR) is 154 cm³/mol. The van der Waals surface area contributed by atoms with Crippen LogP contribution in [0.15, 0.2) is 77.7 Å². The van der Waals surface area contributed by atoms with Crippen molar-refractivity contribution in [2.45, 2.75) is 56.1 Å². The summed E-state index contributed by atoms with van der Waals surface area (Å²) in [6.07, 6.45) is 3.76. The van der Waals surface area contributed by atoms with Crippen LogP contribution in [0.5, 0.6) is 0 Å². The van der Waals surface area contributed by atoms with Crippen molar-refractivity contribution in [2.75, 3.05) is 10.8 Å². The number of carbonyl (C=O) groups is 2. The molecule has 0 unspecified atom stereocenters. The van der Waals surface area contributed by atoms with E-state index in [1.807, 2.05) is 0 Å². The van der Waals surface area contributed by atoms with E-state index in [0.29, 0.717) is 5.56 Å². The Morgan fingerprint density at radius 2 is 1.65 bits per heavy atom. The summed E-state index contributed by atoms with van der Waals surface area (Å²) in [5.74, 6) is -1.43. The van der Waals surface area contributed by atoms with Crippen molar-refractivity contribution in [3.63, 3.8) is 0 Å². The van der Waals surface area contributed by atoms with Gasteiger partial charge in [0, 0.05) is 17.6 Å². The first kappa shape index (κ1) is 29.8. The fourth-order valence-corrected chi connectivity index (χ4v) is 6.55. The largest absolute Gasteiger partial charge is 0.352 e. The van der Waals surface area contributed by atoms with Crippen LogP contribution < -0.4 is 9.62 Å². The number of benzene rings is 3. The minimum absolute atomic E-state index is 0.0242. The fraction of sp³-hybridized carbons (Fsp3) is 0.310. The molecule has 0 radical (unpaired) electrons. The summed E-state index contributed by atoms with van der Waals surface area (Å²) in [4.78, 5) is 28.4. The summed E-state index contributed by atoms with van der Waals surface area (Å²) in [7, 11) is -4.27. The van der Waals surface area contributed by atoms with Gasteiger partial charge in [0.05, 0.1) is 15.6 Å². The normalized spacial score (nSPS) is 14.5. The number of rotatable bonds is 10. The molecule has 11 heteroatoms. The van der Waals surface area contributed by atoms with E-state index in [9.17, 15) is 22.4 Å². The standard InChI is InChI=1S/C29H30Cl2FN3O4S/c1-20(29(37)33-24-7-5-6-8-24)34(18-21-11-14-23(32)15-12-21)28(36)19-35(27-17-22(30)13-16-26(27)31)40(38,39)25-9-3-2-4-10-25/h2-4,9-17,20,24H,5-8,18-19H2,1H3,(H,33,37)/t20-/m1/s1. The summed E-state index contributed by atoms with van der Waals surface area (Å²) >= 11 is 12.6. The minimum Gasteiger partial charge on any atom is -0.352 e. The van der Waals surface area contributed by atoms with Gasteiger partial charge in [0.25, 0.3) is 10.0 Å². The number of carbonyl (C=O) groups excluding carboxylic acids is 2. The first-order chi connectivity index (χ1) is 19.1. The zero-order valence-electron chi connectivity index (χ0n) is 21.9. The van der Waals surface area contributed by atoms with E-state index in [0.717, 1.165) is 30.0 Å². The quantitative estimate of drug-likeness (QED) is 0.316. The van der Waals surface area contributed by atoms with Gasteiger partial charge in [0.15, 0.2) is 0 Å².